The molecule has 0 radical (unpaired) electrons. The maximum atomic E-state index is 9.74. The van der Waals surface area contributed by atoms with Gasteiger partial charge in [0.2, 0.25) is 0 Å². The van der Waals surface area contributed by atoms with E-state index < -0.39 is 0 Å². The summed E-state index contributed by atoms with van der Waals surface area (Å²) >= 11 is 0. The number of hydroxylamine groups is 1. The largest absolute Gasteiger partial charge is 0.390 e. The van der Waals surface area contributed by atoms with Crippen LogP contribution in [0.25, 0.3) is 0 Å². The van der Waals surface area contributed by atoms with Crippen LogP contribution in [0.1, 0.15) is 13.8 Å². The van der Waals surface area contributed by atoms with E-state index in [4.69, 9.17) is 9.57 Å². The highest BCUT2D eigenvalue weighted by atomic mass is 16.6. The summed E-state index contributed by atoms with van der Waals surface area (Å²) in [4.78, 5) is 7.41. The molecule has 0 aromatic heterocycles. The van der Waals surface area contributed by atoms with Gasteiger partial charge in [-0.2, -0.15) is 5.48 Å². The SMILES string of the molecule is CC(C)CONCC(O)CN1CCOCC1. The molecule has 5 nitrogen and oxygen atoms in total. The summed E-state index contributed by atoms with van der Waals surface area (Å²) in [6.45, 7) is 9.36. The van der Waals surface area contributed by atoms with Crippen LogP contribution in [0.2, 0.25) is 0 Å². The van der Waals surface area contributed by atoms with Crippen molar-refractivity contribution in [2.24, 2.45) is 5.92 Å². The Labute approximate surface area is 97.7 Å². The first-order chi connectivity index (χ1) is 7.68. The van der Waals surface area contributed by atoms with Crippen LogP contribution in [0.5, 0.6) is 0 Å². The lowest BCUT2D eigenvalue weighted by atomic mass is 10.2. The third kappa shape index (κ3) is 6.40. The van der Waals surface area contributed by atoms with Crippen LogP contribution in [0.4, 0.5) is 0 Å². The topological polar surface area (TPSA) is 54.0 Å². The van der Waals surface area contributed by atoms with Crippen molar-refractivity contribution < 1.29 is 14.7 Å². The van der Waals surface area contributed by atoms with Gasteiger partial charge in [-0.05, 0) is 5.92 Å². The molecular weight excluding hydrogens is 208 g/mol. The van der Waals surface area contributed by atoms with Crippen LogP contribution in [0.15, 0.2) is 0 Å². The summed E-state index contributed by atoms with van der Waals surface area (Å²) in [6, 6.07) is 0. The zero-order valence-corrected chi connectivity index (χ0v) is 10.3. The second-order valence-corrected chi connectivity index (χ2v) is 4.62. The van der Waals surface area contributed by atoms with Crippen molar-refractivity contribution in [1.29, 1.82) is 0 Å². The minimum Gasteiger partial charge on any atom is -0.390 e. The maximum Gasteiger partial charge on any atom is 0.0814 e. The van der Waals surface area contributed by atoms with Gasteiger partial charge in [0.15, 0.2) is 0 Å². The summed E-state index contributed by atoms with van der Waals surface area (Å²) in [6.07, 6.45) is -0.384. The molecule has 0 bridgehead atoms. The van der Waals surface area contributed by atoms with E-state index in [1.54, 1.807) is 0 Å². The van der Waals surface area contributed by atoms with E-state index in [2.05, 4.69) is 24.2 Å². The number of β-amino-alcohol motifs (C(OH)–C–C–N with tert-alkyl or cyclic N) is 1. The number of aliphatic hydroxyl groups excluding tert-OH is 1. The second kappa shape index (κ2) is 7.97. The molecule has 1 heterocycles. The molecular formula is C11H24N2O3. The van der Waals surface area contributed by atoms with Gasteiger partial charge in [-0.25, -0.2) is 0 Å². The van der Waals surface area contributed by atoms with E-state index in [-0.39, 0.29) is 6.10 Å². The first kappa shape index (κ1) is 13.9. The molecule has 2 N–H and O–H groups in total. The minimum absolute atomic E-state index is 0.384. The number of nitrogens with zero attached hydrogens (tertiary/aromatic N) is 1. The number of ether oxygens (including phenoxy) is 1. The van der Waals surface area contributed by atoms with E-state index >= 15 is 0 Å². The van der Waals surface area contributed by atoms with Crippen molar-refractivity contribution in [3.63, 3.8) is 0 Å². The fraction of sp³-hybridized carbons (Fsp3) is 1.00. The van der Waals surface area contributed by atoms with Gasteiger partial charge in [-0.15, -0.1) is 0 Å². The molecule has 0 aliphatic carbocycles. The molecule has 96 valence electrons. The highest BCUT2D eigenvalue weighted by molar-refractivity contribution is 4.67. The van der Waals surface area contributed by atoms with Gasteiger partial charge in [-0.1, -0.05) is 13.8 Å². The fourth-order valence-electron chi connectivity index (χ4n) is 1.53. The van der Waals surface area contributed by atoms with Gasteiger partial charge in [0.05, 0.1) is 25.9 Å². The van der Waals surface area contributed by atoms with Crippen molar-refractivity contribution in [2.75, 3.05) is 46.0 Å². The summed E-state index contributed by atoms with van der Waals surface area (Å²) in [5.74, 6) is 0.504. The van der Waals surface area contributed by atoms with Crippen LogP contribution < -0.4 is 5.48 Å². The summed E-state index contributed by atoms with van der Waals surface area (Å²) < 4.78 is 5.24. The molecule has 1 rings (SSSR count). The lowest BCUT2D eigenvalue weighted by molar-refractivity contribution is -0.0187. The number of hydrogen-bond donors (Lipinski definition) is 2. The Balaban J connectivity index is 1.99. The molecule has 1 unspecified atom stereocenters. The summed E-state index contributed by atoms with van der Waals surface area (Å²) in [5, 5.41) is 9.74. The van der Waals surface area contributed by atoms with Crippen molar-refractivity contribution in [2.45, 2.75) is 20.0 Å². The van der Waals surface area contributed by atoms with Crippen molar-refractivity contribution in [3.05, 3.63) is 0 Å². The minimum atomic E-state index is -0.384. The summed E-state index contributed by atoms with van der Waals surface area (Å²) in [7, 11) is 0. The lowest BCUT2D eigenvalue weighted by Crippen LogP contribution is -2.43. The molecule has 0 saturated carbocycles. The Morgan fingerprint density at radius 2 is 2.06 bits per heavy atom. The van der Waals surface area contributed by atoms with Gasteiger partial charge in [-0.3, -0.25) is 4.90 Å². The smallest absolute Gasteiger partial charge is 0.0814 e. The van der Waals surface area contributed by atoms with Crippen molar-refractivity contribution in [1.82, 2.24) is 10.4 Å². The monoisotopic (exact) mass is 232 g/mol. The second-order valence-electron chi connectivity index (χ2n) is 4.62. The van der Waals surface area contributed by atoms with E-state index in [9.17, 15) is 5.11 Å². The maximum absolute atomic E-state index is 9.74. The van der Waals surface area contributed by atoms with E-state index in [0.29, 0.717) is 25.6 Å². The predicted molar refractivity (Wildman–Crippen MR) is 62.1 cm³/mol. The molecule has 5 heteroatoms. The normalized spacial score (nSPS) is 20.2. The first-order valence-corrected chi connectivity index (χ1v) is 6.01. The average Bonchev–Trinajstić information content (AvgIpc) is 2.25. The highest BCUT2D eigenvalue weighted by Gasteiger charge is 2.14. The highest BCUT2D eigenvalue weighted by Crippen LogP contribution is 1.98. The molecule has 16 heavy (non-hydrogen) atoms. The number of nitrogens with one attached hydrogen (secondary N) is 1. The van der Waals surface area contributed by atoms with Crippen LogP contribution in [-0.2, 0) is 9.57 Å². The van der Waals surface area contributed by atoms with Gasteiger partial charge in [0.1, 0.15) is 0 Å². The third-order valence-electron chi connectivity index (χ3n) is 2.41. The van der Waals surface area contributed by atoms with Crippen molar-refractivity contribution in [3.8, 4) is 0 Å². The quantitative estimate of drug-likeness (QED) is 0.472. The standard InChI is InChI=1S/C11H24N2O3/c1-10(2)9-16-12-7-11(14)8-13-3-5-15-6-4-13/h10-12,14H,3-9H2,1-2H3. The molecule has 0 amide bonds. The lowest BCUT2D eigenvalue weighted by Gasteiger charge is -2.28. The first-order valence-electron chi connectivity index (χ1n) is 6.01. The van der Waals surface area contributed by atoms with Crippen LogP contribution in [0.3, 0.4) is 0 Å². The van der Waals surface area contributed by atoms with Gasteiger partial charge >= 0.3 is 0 Å². The third-order valence-corrected chi connectivity index (χ3v) is 2.41. The molecule has 1 fully saturated rings. The molecule has 0 aromatic rings. The molecule has 1 aliphatic heterocycles. The average molecular weight is 232 g/mol. The molecule has 0 aromatic carbocycles. The van der Waals surface area contributed by atoms with Crippen LogP contribution in [0, 0.1) is 5.92 Å². The Morgan fingerprint density at radius 1 is 1.38 bits per heavy atom. The van der Waals surface area contributed by atoms with Crippen LogP contribution >= 0.6 is 0 Å². The predicted octanol–water partition coefficient (Wildman–Crippen LogP) is -0.143. The Morgan fingerprint density at radius 3 is 2.69 bits per heavy atom. The molecule has 1 saturated heterocycles. The van der Waals surface area contributed by atoms with Gasteiger partial charge in [0, 0.05) is 26.2 Å². The van der Waals surface area contributed by atoms with Gasteiger partial charge in [0.25, 0.3) is 0 Å². The molecule has 1 aliphatic rings. The zero-order chi connectivity index (χ0) is 11.8. The Hall–Kier alpha value is -0.200. The van der Waals surface area contributed by atoms with Crippen LogP contribution in [-0.4, -0.2) is 62.1 Å². The Kier molecular flexibility index (Phi) is 6.91. The Bertz CT molecular complexity index is 173. The molecule has 0 spiro atoms. The zero-order valence-electron chi connectivity index (χ0n) is 10.3. The number of hydrogen-bond acceptors (Lipinski definition) is 5. The number of morpholine rings is 1. The van der Waals surface area contributed by atoms with E-state index in [1.165, 1.54) is 0 Å². The fourth-order valence-corrected chi connectivity index (χ4v) is 1.53. The summed E-state index contributed by atoms with van der Waals surface area (Å²) in [5.41, 5.74) is 2.80. The van der Waals surface area contributed by atoms with E-state index in [0.717, 1.165) is 26.3 Å². The number of rotatable bonds is 7. The van der Waals surface area contributed by atoms with E-state index in [1.807, 2.05) is 0 Å². The molecule has 1 atom stereocenters. The van der Waals surface area contributed by atoms with Gasteiger partial charge < -0.3 is 14.7 Å². The van der Waals surface area contributed by atoms with Crippen molar-refractivity contribution >= 4 is 0 Å². The number of aliphatic hydroxyl groups is 1.